The Bertz CT molecular complexity index is 1270. The quantitative estimate of drug-likeness (QED) is 0.496. The highest BCUT2D eigenvalue weighted by Crippen LogP contribution is 2.32. The zero-order valence-electron chi connectivity index (χ0n) is 23.2. The molecule has 3 rings (SSSR count). The molecule has 132 valence electrons. The smallest absolute Gasteiger partial charge is 0.190 e. The summed E-state index contributed by atoms with van der Waals surface area (Å²) in [5.74, 6) is 0.0272. The van der Waals surface area contributed by atoms with E-state index in [4.69, 9.17) is 17.5 Å². The summed E-state index contributed by atoms with van der Waals surface area (Å²) in [5.41, 5.74) is 0.725. The number of nitrogens with zero attached hydrogens (tertiary/aromatic N) is 3. The van der Waals surface area contributed by atoms with Crippen LogP contribution < -0.4 is 0 Å². The van der Waals surface area contributed by atoms with E-state index in [9.17, 15) is 0 Å². The van der Waals surface area contributed by atoms with Crippen LogP contribution in [-0.4, -0.2) is 9.55 Å². The highest BCUT2D eigenvalue weighted by molar-refractivity contribution is 5.68. The molecule has 0 saturated heterocycles. The third kappa shape index (κ3) is 3.15. The summed E-state index contributed by atoms with van der Waals surface area (Å²) in [7, 11) is 0. The Morgan fingerprint density at radius 1 is 1.12 bits per heavy atom. The highest BCUT2D eigenvalue weighted by atomic mass is 15.1. The molecule has 0 radical (unpaired) electrons. The lowest BCUT2D eigenvalue weighted by Crippen LogP contribution is -2.13. The Hall–Kier alpha value is -2.86. The summed E-state index contributed by atoms with van der Waals surface area (Å²) >= 11 is 0. The van der Waals surface area contributed by atoms with Crippen LogP contribution in [0.25, 0.3) is 21.9 Å². The molecule has 0 aliphatic carbocycles. The number of rotatable bonds is 2. The van der Waals surface area contributed by atoms with Crippen molar-refractivity contribution in [3.8, 4) is 17.1 Å². The van der Waals surface area contributed by atoms with E-state index in [1.165, 1.54) is 18.2 Å². The van der Waals surface area contributed by atoms with E-state index in [1.54, 1.807) is 19.1 Å². The van der Waals surface area contributed by atoms with Crippen LogP contribution in [0.5, 0.6) is 0 Å². The topological polar surface area (TPSA) is 22.2 Å². The molecule has 0 unspecified atom stereocenters. The molecule has 0 aliphatic rings. The van der Waals surface area contributed by atoms with E-state index >= 15 is 0 Å². The van der Waals surface area contributed by atoms with Crippen molar-refractivity contribution < 1.29 is 11.0 Å². The molecule has 0 amide bonds. The van der Waals surface area contributed by atoms with Crippen LogP contribution in [0.3, 0.4) is 0 Å². The Kier molecular flexibility index (Phi) is 2.57. The minimum absolute atomic E-state index is 0.0272. The summed E-state index contributed by atoms with van der Waals surface area (Å²) < 4.78 is 66.8. The van der Waals surface area contributed by atoms with E-state index in [-0.39, 0.29) is 22.6 Å². The number of imidazole rings is 1. The first kappa shape index (κ1) is 10.3. The van der Waals surface area contributed by atoms with Crippen molar-refractivity contribution in [1.29, 1.82) is 0 Å². The molecule has 0 bridgehead atoms. The molecule has 0 atom stereocenters. The maximum atomic E-state index is 8.51. The second-order valence-electron chi connectivity index (χ2n) is 7.28. The first-order valence-electron chi connectivity index (χ1n) is 12.2. The van der Waals surface area contributed by atoms with E-state index in [0.29, 0.717) is 16.8 Å². The molecule has 3 heteroatoms. The van der Waals surface area contributed by atoms with Gasteiger partial charge in [-0.15, -0.1) is 0 Å². The molecule has 0 N–H and O–H groups in total. The third-order valence-electron chi connectivity index (χ3n) is 4.32. The average Bonchev–Trinajstić information content (AvgIpc) is 2.99. The van der Waals surface area contributed by atoms with E-state index in [1.807, 2.05) is 20.8 Å². The molecular formula is C23H25N3. The summed E-state index contributed by atoms with van der Waals surface area (Å²) in [6, 6.07) is 7.77. The predicted octanol–water partition coefficient (Wildman–Crippen LogP) is 6.31. The number of benzene rings is 2. The molecule has 0 aliphatic heterocycles. The molecule has 2 aromatic carbocycles. The number of hydrogen-bond donors (Lipinski definition) is 0. The van der Waals surface area contributed by atoms with Crippen LogP contribution in [0.15, 0.2) is 42.7 Å². The third-order valence-corrected chi connectivity index (χ3v) is 4.32. The molecule has 0 fully saturated rings. The molecule has 26 heavy (non-hydrogen) atoms. The molecule has 3 aromatic rings. The highest BCUT2D eigenvalue weighted by Gasteiger charge is 2.18. The minimum Gasteiger partial charge on any atom is -0.299 e. The molecule has 0 saturated carbocycles. The zero-order valence-corrected chi connectivity index (χ0v) is 15.2. The van der Waals surface area contributed by atoms with Gasteiger partial charge in [0.25, 0.3) is 0 Å². The molecular weight excluding hydrogens is 318 g/mol. The fourth-order valence-electron chi connectivity index (χ4n) is 2.76. The van der Waals surface area contributed by atoms with Gasteiger partial charge < -0.3 is 0 Å². The van der Waals surface area contributed by atoms with Crippen LogP contribution in [0.2, 0.25) is 0 Å². The Morgan fingerprint density at radius 3 is 2.38 bits per heavy atom. The maximum Gasteiger partial charge on any atom is 0.190 e. The largest absolute Gasteiger partial charge is 0.299 e. The first-order valence-corrected chi connectivity index (χ1v) is 8.21. The van der Waals surface area contributed by atoms with Crippen molar-refractivity contribution in [2.75, 3.05) is 0 Å². The van der Waals surface area contributed by atoms with Gasteiger partial charge >= 0.3 is 0 Å². The van der Waals surface area contributed by atoms with Crippen molar-refractivity contribution in [1.82, 2.24) is 9.55 Å². The van der Waals surface area contributed by atoms with Crippen molar-refractivity contribution >= 4 is 5.69 Å². The summed E-state index contributed by atoms with van der Waals surface area (Å²) in [6.45, 7) is 9.31. The Balaban J connectivity index is 2.54. The second kappa shape index (κ2) is 6.46. The van der Waals surface area contributed by atoms with Crippen LogP contribution in [0.4, 0.5) is 5.69 Å². The number of hydrogen-bond acceptors (Lipinski definition) is 1. The van der Waals surface area contributed by atoms with Gasteiger partial charge in [-0.3, -0.25) is 4.57 Å². The van der Waals surface area contributed by atoms with Crippen LogP contribution in [0.1, 0.15) is 54.0 Å². The monoisotopic (exact) mass is 351 g/mol. The van der Waals surface area contributed by atoms with Crippen LogP contribution in [-0.2, 0) is 5.41 Å². The Morgan fingerprint density at radius 2 is 1.81 bits per heavy atom. The summed E-state index contributed by atoms with van der Waals surface area (Å²) in [6.07, 6.45) is -0.882. The van der Waals surface area contributed by atoms with Crippen molar-refractivity contribution in [2.24, 2.45) is 0 Å². The summed E-state index contributed by atoms with van der Waals surface area (Å²) in [5, 5.41) is 0. The Labute approximate surface area is 167 Å². The first-order chi connectivity index (χ1) is 15.5. The summed E-state index contributed by atoms with van der Waals surface area (Å²) in [4.78, 5) is 7.63. The molecule has 1 heterocycles. The van der Waals surface area contributed by atoms with Gasteiger partial charge in [-0.05, 0) is 54.4 Å². The molecule has 0 spiro atoms. The second-order valence-corrected chi connectivity index (χ2v) is 7.28. The van der Waals surface area contributed by atoms with Gasteiger partial charge in [0.15, 0.2) is 5.69 Å². The van der Waals surface area contributed by atoms with Gasteiger partial charge in [0.2, 0.25) is 0 Å². The normalized spacial score (nSPS) is 16.9. The van der Waals surface area contributed by atoms with Gasteiger partial charge in [0.05, 0.1) is 15.0 Å². The van der Waals surface area contributed by atoms with Crippen LogP contribution >= 0.6 is 0 Å². The molecule has 1 aromatic heterocycles. The van der Waals surface area contributed by atoms with Crippen LogP contribution in [0, 0.1) is 27.2 Å². The van der Waals surface area contributed by atoms with Gasteiger partial charge in [0, 0.05) is 26.1 Å². The SMILES string of the molecule is [2H]c1nc(-c2ccc(C)c([N+]#[C-])c2)n(-c2c(C([2H])([2H])[2H])cc(C(C)(C)C)cc2C([2H])([2H])[2H])c1[2H]. The number of aromatic nitrogens is 2. The lowest BCUT2D eigenvalue weighted by atomic mass is 9.84. The van der Waals surface area contributed by atoms with Crippen molar-refractivity contribution in [2.45, 2.75) is 46.8 Å². The standard InChI is InChI=1S/C23H25N3/c1-15-8-9-18(14-20(15)24-7)22-25-10-11-26(22)21-16(2)12-19(13-17(21)3)23(4,5)6/h8-14H,1-6H3/i2D3,3D3,10D,11D. The van der Waals surface area contributed by atoms with Crippen molar-refractivity contribution in [3.63, 3.8) is 0 Å². The fraction of sp³-hybridized carbons (Fsp3) is 0.304. The van der Waals surface area contributed by atoms with Gasteiger partial charge in [-0.25, -0.2) is 9.83 Å². The van der Waals surface area contributed by atoms with Gasteiger partial charge in [-0.1, -0.05) is 45.0 Å². The van der Waals surface area contributed by atoms with Crippen molar-refractivity contribution in [3.05, 3.63) is 76.3 Å². The minimum atomic E-state index is -2.71. The lowest BCUT2D eigenvalue weighted by Gasteiger charge is -2.23. The maximum absolute atomic E-state index is 8.51. The predicted molar refractivity (Wildman–Crippen MR) is 108 cm³/mol. The fourth-order valence-corrected chi connectivity index (χ4v) is 2.76. The van der Waals surface area contributed by atoms with E-state index in [2.05, 4.69) is 9.83 Å². The lowest BCUT2D eigenvalue weighted by molar-refractivity contribution is 0.589. The van der Waals surface area contributed by atoms with Gasteiger partial charge in [-0.2, -0.15) is 0 Å². The zero-order chi connectivity index (χ0) is 25.8. The van der Waals surface area contributed by atoms with Gasteiger partial charge in [0.1, 0.15) is 5.82 Å². The van der Waals surface area contributed by atoms with E-state index in [0.717, 1.165) is 10.1 Å². The average molecular weight is 352 g/mol. The van der Waals surface area contributed by atoms with E-state index < -0.39 is 31.5 Å². The molecule has 3 nitrogen and oxygen atoms in total. The number of aryl methyl sites for hydroxylation is 3.